The molecule has 1 N–H and O–H groups in total. The number of hydrogen-bond acceptors (Lipinski definition) is 1. The van der Waals surface area contributed by atoms with E-state index in [0.717, 1.165) is 12.0 Å². The highest BCUT2D eigenvalue weighted by atomic mass is 16.1. The molecular formula is C13H25NO. The van der Waals surface area contributed by atoms with Crippen molar-refractivity contribution in [2.75, 3.05) is 6.54 Å². The van der Waals surface area contributed by atoms with E-state index in [4.69, 9.17) is 0 Å². The number of amides is 1. The molecule has 0 radical (unpaired) electrons. The standard InChI is InChI=1S/C13H25NO/c1-4-6-7-8-9-10-11-12(3)13(15)14-5-2/h11H,4-10H2,1-3H3,(H,14,15)/b12-11+. The molecule has 0 rings (SSSR count). The highest BCUT2D eigenvalue weighted by Gasteiger charge is 2.00. The molecule has 0 aromatic rings. The van der Waals surface area contributed by atoms with Gasteiger partial charge in [-0.3, -0.25) is 4.79 Å². The summed E-state index contributed by atoms with van der Waals surface area (Å²) in [6.07, 6.45) is 9.52. The largest absolute Gasteiger partial charge is 0.353 e. The van der Waals surface area contributed by atoms with Gasteiger partial charge < -0.3 is 5.32 Å². The van der Waals surface area contributed by atoms with E-state index < -0.39 is 0 Å². The molecule has 0 bridgehead atoms. The maximum Gasteiger partial charge on any atom is 0.246 e. The number of carbonyl (C=O) groups excluding carboxylic acids is 1. The van der Waals surface area contributed by atoms with Gasteiger partial charge in [0.2, 0.25) is 5.91 Å². The fourth-order valence-corrected chi connectivity index (χ4v) is 1.46. The third-order valence-corrected chi connectivity index (χ3v) is 2.45. The van der Waals surface area contributed by atoms with Crippen LogP contribution in [0.5, 0.6) is 0 Å². The first-order valence-electron chi connectivity index (χ1n) is 6.17. The van der Waals surface area contributed by atoms with E-state index in [9.17, 15) is 4.79 Å². The molecule has 88 valence electrons. The Hall–Kier alpha value is -0.790. The van der Waals surface area contributed by atoms with Gasteiger partial charge in [-0.1, -0.05) is 38.7 Å². The molecule has 15 heavy (non-hydrogen) atoms. The maximum atomic E-state index is 11.3. The lowest BCUT2D eigenvalue weighted by molar-refractivity contribution is -0.117. The first-order chi connectivity index (χ1) is 7.22. The van der Waals surface area contributed by atoms with E-state index in [1.807, 2.05) is 13.8 Å². The van der Waals surface area contributed by atoms with Crippen molar-refractivity contribution in [3.8, 4) is 0 Å². The molecule has 0 aromatic heterocycles. The van der Waals surface area contributed by atoms with Crippen molar-refractivity contribution >= 4 is 5.91 Å². The topological polar surface area (TPSA) is 29.1 Å². The number of hydrogen-bond donors (Lipinski definition) is 1. The van der Waals surface area contributed by atoms with Crippen molar-refractivity contribution in [1.29, 1.82) is 0 Å². The number of nitrogens with one attached hydrogen (secondary N) is 1. The van der Waals surface area contributed by atoms with E-state index in [-0.39, 0.29) is 5.91 Å². The van der Waals surface area contributed by atoms with Crippen LogP contribution < -0.4 is 5.32 Å². The Morgan fingerprint density at radius 1 is 1.13 bits per heavy atom. The lowest BCUT2D eigenvalue weighted by Crippen LogP contribution is -2.23. The fourth-order valence-electron chi connectivity index (χ4n) is 1.46. The summed E-state index contributed by atoms with van der Waals surface area (Å²) in [5, 5.41) is 2.80. The molecule has 0 atom stereocenters. The van der Waals surface area contributed by atoms with Crippen LogP contribution in [0.2, 0.25) is 0 Å². The molecule has 0 aliphatic carbocycles. The Morgan fingerprint density at radius 2 is 1.80 bits per heavy atom. The van der Waals surface area contributed by atoms with Crippen LogP contribution in [-0.4, -0.2) is 12.5 Å². The summed E-state index contributed by atoms with van der Waals surface area (Å²) in [4.78, 5) is 11.3. The summed E-state index contributed by atoms with van der Waals surface area (Å²) < 4.78 is 0. The molecule has 0 saturated carbocycles. The summed E-state index contributed by atoms with van der Waals surface area (Å²) in [5.41, 5.74) is 0.854. The first-order valence-corrected chi connectivity index (χ1v) is 6.17. The third-order valence-electron chi connectivity index (χ3n) is 2.45. The molecule has 0 aliphatic heterocycles. The molecule has 0 fully saturated rings. The van der Waals surface area contributed by atoms with Crippen LogP contribution in [0.3, 0.4) is 0 Å². The van der Waals surface area contributed by atoms with E-state index in [1.165, 1.54) is 32.1 Å². The van der Waals surface area contributed by atoms with Gasteiger partial charge in [-0.15, -0.1) is 0 Å². The molecule has 0 unspecified atom stereocenters. The molecule has 0 aliphatic rings. The quantitative estimate of drug-likeness (QED) is 0.483. The molecule has 0 spiro atoms. The average molecular weight is 211 g/mol. The number of unbranched alkanes of at least 4 members (excludes halogenated alkanes) is 5. The second-order valence-corrected chi connectivity index (χ2v) is 3.95. The molecule has 1 amide bonds. The van der Waals surface area contributed by atoms with Gasteiger partial charge in [0.15, 0.2) is 0 Å². The minimum absolute atomic E-state index is 0.0751. The monoisotopic (exact) mass is 211 g/mol. The Bertz CT molecular complexity index is 197. The van der Waals surface area contributed by atoms with E-state index in [0.29, 0.717) is 6.54 Å². The van der Waals surface area contributed by atoms with Crippen LogP contribution in [0.1, 0.15) is 59.3 Å². The van der Waals surface area contributed by atoms with Gasteiger partial charge in [0.05, 0.1) is 0 Å². The summed E-state index contributed by atoms with van der Waals surface area (Å²) in [6.45, 7) is 6.76. The average Bonchev–Trinajstić information content (AvgIpc) is 2.23. The minimum Gasteiger partial charge on any atom is -0.353 e. The summed E-state index contributed by atoms with van der Waals surface area (Å²) in [6, 6.07) is 0. The predicted molar refractivity (Wildman–Crippen MR) is 65.8 cm³/mol. The predicted octanol–water partition coefficient (Wildman–Crippen LogP) is 3.43. The number of rotatable bonds is 8. The van der Waals surface area contributed by atoms with Crippen LogP contribution in [0.4, 0.5) is 0 Å². The van der Waals surface area contributed by atoms with Crippen molar-refractivity contribution in [1.82, 2.24) is 5.32 Å². The van der Waals surface area contributed by atoms with Crippen molar-refractivity contribution in [2.45, 2.75) is 59.3 Å². The van der Waals surface area contributed by atoms with Gasteiger partial charge >= 0.3 is 0 Å². The fraction of sp³-hybridized carbons (Fsp3) is 0.769. The van der Waals surface area contributed by atoms with E-state index >= 15 is 0 Å². The molecular weight excluding hydrogens is 186 g/mol. The number of allylic oxidation sites excluding steroid dienone is 1. The number of carbonyl (C=O) groups is 1. The van der Waals surface area contributed by atoms with Crippen LogP contribution in [0, 0.1) is 0 Å². The summed E-state index contributed by atoms with van der Waals surface area (Å²) in [7, 11) is 0. The van der Waals surface area contributed by atoms with Crippen LogP contribution in [-0.2, 0) is 4.79 Å². The van der Waals surface area contributed by atoms with Crippen molar-refractivity contribution in [2.24, 2.45) is 0 Å². The molecule has 0 aromatic carbocycles. The highest BCUT2D eigenvalue weighted by molar-refractivity contribution is 5.92. The van der Waals surface area contributed by atoms with Crippen LogP contribution >= 0.6 is 0 Å². The Morgan fingerprint density at radius 3 is 2.40 bits per heavy atom. The van der Waals surface area contributed by atoms with Gasteiger partial charge in [0.1, 0.15) is 0 Å². The molecule has 2 heteroatoms. The van der Waals surface area contributed by atoms with Crippen LogP contribution in [0.15, 0.2) is 11.6 Å². The Labute approximate surface area is 94.1 Å². The van der Waals surface area contributed by atoms with Crippen molar-refractivity contribution in [3.05, 3.63) is 11.6 Å². The van der Waals surface area contributed by atoms with Gasteiger partial charge in [-0.25, -0.2) is 0 Å². The zero-order chi connectivity index (χ0) is 11.5. The highest BCUT2D eigenvalue weighted by Crippen LogP contribution is 2.06. The zero-order valence-corrected chi connectivity index (χ0v) is 10.4. The molecule has 0 heterocycles. The second-order valence-electron chi connectivity index (χ2n) is 3.95. The first kappa shape index (κ1) is 14.2. The summed E-state index contributed by atoms with van der Waals surface area (Å²) >= 11 is 0. The smallest absolute Gasteiger partial charge is 0.246 e. The van der Waals surface area contributed by atoms with Gasteiger partial charge in [-0.2, -0.15) is 0 Å². The third kappa shape index (κ3) is 8.22. The molecule has 0 saturated heterocycles. The normalized spacial score (nSPS) is 11.5. The van der Waals surface area contributed by atoms with Gasteiger partial charge in [0, 0.05) is 12.1 Å². The van der Waals surface area contributed by atoms with Gasteiger partial charge in [-0.05, 0) is 26.7 Å². The van der Waals surface area contributed by atoms with Gasteiger partial charge in [0.25, 0.3) is 0 Å². The minimum atomic E-state index is 0.0751. The SMILES string of the molecule is CCCCCCC/C=C(\C)C(=O)NCC. The lowest BCUT2D eigenvalue weighted by atomic mass is 10.1. The number of likely N-dealkylation sites (N-methyl/N-ethyl adjacent to an activating group) is 1. The van der Waals surface area contributed by atoms with E-state index in [1.54, 1.807) is 0 Å². The summed E-state index contributed by atoms with van der Waals surface area (Å²) in [5.74, 6) is 0.0751. The second kappa shape index (κ2) is 9.75. The van der Waals surface area contributed by atoms with Crippen molar-refractivity contribution in [3.63, 3.8) is 0 Å². The Kier molecular flexibility index (Phi) is 9.24. The zero-order valence-electron chi connectivity index (χ0n) is 10.4. The molecule has 2 nitrogen and oxygen atoms in total. The maximum absolute atomic E-state index is 11.3. The Balaban J connectivity index is 3.53. The van der Waals surface area contributed by atoms with E-state index in [2.05, 4.69) is 18.3 Å². The van der Waals surface area contributed by atoms with Crippen LogP contribution in [0.25, 0.3) is 0 Å². The lowest BCUT2D eigenvalue weighted by Gasteiger charge is -2.02. The van der Waals surface area contributed by atoms with Crippen molar-refractivity contribution < 1.29 is 4.79 Å².